The van der Waals surface area contributed by atoms with Crippen LogP contribution in [0.15, 0.2) is 36.4 Å². The fraction of sp³-hybridized carbons (Fsp3) is 0.316. The molecule has 0 saturated carbocycles. The number of hydrogen-bond donors (Lipinski definition) is 2. The molecule has 2 aromatic rings. The highest BCUT2D eigenvalue weighted by Crippen LogP contribution is 2.42. The van der Waals surface area contributed by atoms with Gasteiger partial charge in [0.05, 0.1) is 19.8 Å². The van der Waals surface area contributed by atoms with Crippen LogP contribution in [0, 0.1) is 0 Å². The van der Waals surface area contributed by atoms with Gasteiger partial charge in [-0.2, -0.15) is 0 Å². The van der Waals surface area contributed by atoms with Crippen LogP contribution in [-0.4, -0.2) is 32.0 Å². The molecule has 0 radical (unpaired) electrons. The molecule has 150 valence electrons. The van der Waals surface area contributed by atoms with Crippen molar-refractivity contribution in [3.05, 3.63) is 36.4 Å². The monoisotopic (exact) mass is 394 g/mol. The molecule has 28 heavy (non-hydrogen) atoms. The molecule has 0 saturated heterocycles. The van der Waals surface area contributed by atoms with Gasteiger partial charge in [0, 0.05) is 23.5 Å². The number of anilines is 2. The Morgan fingerprint density at radius 2 is 1.64 bits per heavy atom. The number of ether oxygens (including phenoxy) is 4. The molecule has 0 unspecified atom stereocenters. The average Bonchev–Trinajstić information content (AvgIpc) is 2.95. The topological polar surface area (TPSA) is 78.1 Å². The van der Waals surface area contributed by atoms with Gasteiger partial charge in [-0.1, -0.05) is 0 Å². The Kier molecular flexibility index (Phi) is 5.72. The number of hydrogen-bond acceptors (Lipinski definition) is 6. The minimum absolute atomic E-state index is 0.0576. The van der Waals surface area contributed by atoms with E-state index in [0.717, 1.165) is 0 Å². The van der Waals surface area contributed by atoms with Gasteiger partial charge < -0.3 is 29.6 Å². The molecule has 1 aliphatic rings. The van der Waals surface area contributed by atoms with Crippen LogP contribution in [0.3, 0.4) is 0 Å². The number of rotatable bonds is 8. The molecule has 2 N–H and O–H groups in total. The second kappa shape index (κ2) is 8.20. The molecule has 1 heterocycles. The first-order chi connectivity index (χ1) is 13.4. The van der Waals surface area contributed by atoms with E-state index in [9.17, 15) is 13.6 Å². The van der Waals surface area contributed by atoms with Crippen molar-refractivity contribution in [3.8, 4) is 23.0 Å². The number of nitrogens with one attached hydrogen (secondary N) is 2. The second-order valence-corrected chi connectivity index (χ2v) is 5.76. The zero-order chi connectivity index (χ0) is 20.1. The van der Waals surface area contributed by atoms with E-state index in [1.807, 2.05) is 13.8 Å². The fourth-order valence-corrected chi connectivity index (χ4v) is 2.58. The van der Waals surface area contributed by atoms with Crippen molar-refractivity contribution in [1.82, 2.24) is 0 Å². The SMILES string of the molecule is CCOc1ccc(NC(=O)CNc2ccc3c(c2)OC(F)(F)O3)cc1OCC. The Labute approximate surface area is 160 Å². The maximum atomic E-state index is 13.0. The van der Waals surface area contributed by atoms with Crippen LogP contribution < -0.4 is 29.6 Å². The van der Waals surface area contributed by atoms with Crippen LogP contribution in [0.2, 0.25) is 0 Å². The number of carbonyl (C=O) groups excluding carboxylic acids is 1. The van der Waals surface area contributed by atoms with Crippen LogP contribution in [0.5, 0.6) is 23.0 Å². The molecule has 0 spiro atoms. The van der Waals surface area contributed by atoms with Crippen molar-refractivity contribution in [1.29, 1.82) is 0 Å². The van der Waals surface area contributed by atoms with Gasteiger partial charge in [-0.3, -0.25) is 4.79 Å². The Hall–Kier alpha value is -3.23. The van der Waals surface area contributed by atoms with Crippen molar-refractivity contribution >= 4 is 17.3 Å². The molecular weight excluding hydrogens is 374 g/mol. The summed E-state index contributed by atoms with van der Waals surface area (Å²) < 4.78 is 45.8. The molecule has 3 rings (SSSR count). The predicted molar refractivity (Wildman–Crippen MR) is 98.5 cm³/mol. The third-order valence-corrected chi connectivity index (χ3v) is 3.68. The largest absolute Gasteiger partial charge is 0.586 e. The van der Waals surface area contributed by atoms with Crippen LogP contribution in [0.25, 0.3) is 0 Å². The zero-order valence-corrected chi connectivity index (χ0v) is 15.4. The number of fused-ring (bicyclic) bond motifs is 1. The Morgan fingerprint density at radius 3 is 2.39 bits per heavy atom. The summed E-state index contributed by atoms with van der Waals surface area (Å²) in [5, 5.41) is 5.58. The smallest absolute Gasteiger partial charge is 0.490 e. The van der Waals surface area contributed by atoms with E-state index in [1.54, 1.807) is 18.2 Å². The number of halogens is 2. The van der Waals surface area contributed by atoms with Crippen LogP contribution >= 0.6 is 0 Å². The van der Waals surface area contributed by atoms with Gasteiger partial charge in [0.15, 0.2) is 23.0 Å². The predicted octanol–water partition coefficient (Wildman–Crippen LogP) is 3.86. The average molecular weight is 394 g/mol. The molecule has 0 aromatic heterocycles. The second-order valence-electron chi connectivity index (χ2n) is 5.76. The summed E-state index contributed by atoms with van der Waals surface area (Å²) in [4.78, 5) is 12.2. The van der Waals surface area contributed by atoms with Gasteiger partial charge in [-0.15, -0.1) is 8.78 Å². The zero-order valence-electron chi connectivity index (χ0n) is 15.4. The van der Waals surface area contributed by atoms with Crippen molar-refractivity contribution in [2.45, 2.75) is 20.1 Å². The number of benzene rings is 2. The molecule has 0 atom stereocenters. The van der Waals surface area contributed by atoms with E-state index < -0.39 is 6.29 Å². The third kappa shape index (κ3) is 4.73. The maximum Gasteiger partial charge on any atom is 0.586 e. The van der Waals surface area contributed by atoms with E-state index in [-0.39, 0.29) is 24.0 Å². The van der Waals surface area contributed by atoms with Crippen molar-refractivity contribution in [2.75, 3.05) is 30.4 Å². The molecule has 2 aromatic carbocycles. The normalized spacial score (nSPS) is 13.7. The van der Waals surface area contributed by atoms with Crippen molar-refractivity contribution in [2.24, 2.45) is 0 Å². The standard InChI is InChI=1S/C19H20F2N2O5/c1-3-25-14-7-6-13(10-16(14)26-4-2)23-18(24)11-22-12-5-8-15-17(9-12)28-19(20,21)27-15/h5-10,22H,3-4,11H2,1-2H3,(H,23,24). The minimum atomic E-state index is -3.68. The van der Waals surface area contributed by atoms with Crippen LogP contribution in [0.4, 0.5) is 20.2 Å². The number of alkyl halides is 2. The highest BCUT2D eigenvalue weighted by Gasteiger charge is 2.43. The van der Waals surface area contributed by atoms with E-state index in [1.165, 1.54) is 18.2 Å². The van der Waals surface area contributed by atoms with Gasteiger partial charge in [0.25, 0.3) is 0 Å². The summed E-state index contributed by atoms with van der Waals surface area (Å²) in [7, 11) is 0. The maximum absolute atomic E-state index is 13.0. The molecule has 0 bridgehead atoms. The van der Waals surface area contributed by atoms with Crippen LogP contribution in [-0.2, 0) is 4.79 Å². The lowest BCUT2D eigenvalue weighted by Gasteiger charge is -2.13. The summed E-state index contributed by atoms with van der Waals surface area (Å²) in [5.41, 5.74) is 0.987. The van der Waals surface area contributed by atoms with E-state index in [4.69, 9.17) is 9.47 Å². The van der Waals surface area contributed by atoms with Crippen LogP contribution in [0.1, 0.15) is 13.8 Å². The van der Waals surface area contributed by atoms with E-state index in [2.05, 4.69) is 20.1 Å². The molecule has 1 aliphatic heterocycles. The summed E-state index contributed by atoms with van der Waals surface area (Å²) in [6.45, 7) is 4.60. The summed E-state index contributed by atoms with van der Waals surface area (Å²) in [5.74, 6) is 0.653. The highest BCUT2D eigenvalue weighted by molar-refractivity contribution is 5.94. The van der Waals surface area contributed by atoms with Gasteiger partial charge >= 0.3 is 6.29 Å². The van der Waals surface area contributed by atoms with Gasteiger partial charge in [-0.25, -0.2) is 0 Å². The summed E-state index contributed by atoms with van der Waals surface area (Å²) in [6.07, 6.45) is -3.68. The van der Waals surface area contributed by atoms with Gasteiger partial charge in [-0.05, 0) is 38.1 Å². The summed E-state index contributed by atoms with van der Waals surface area (Å²) >= 11 is 0. The lowest BCUT2D eigenvalue weighted by atomic mass is 10.2. The molecule has 7 nitrogen and oxygen atoms in total. The molecular formula is C19H20F2N2O5. The fourth-order valence-electron chi connectivity index (χ4n) is 2.58. The lowest BCUT2D eigenvalue weighted by Crippen LogP contribution is -2.25. The minimum Gasteiger partial charge on any atom is -0.490 e. The first-order valence-electron chi connectivity index (χ1n) is 8.73. The number of carbonyl (C=O) groups is 1. The van der Waals surface area contributed by atoms with E-state index in [0.29, 0.717) is 36.1 Å². The lowest BCUT2D eigenvalue weighted by molar-refractivity contribution is -0.286. The third-order valence-electron chi connectivity index (χ3n) is 3.68. The molecule has 1 amide bonds. The number of amides is 1. The molecule has 0 aliphatic carbocycles. The Balaban J connectivity index is 1.58. The Bertz CT molecular complexity index is 860. The van der Waals surface area contributed by atoms with Gasteiger partial charge in [0.2, 0.25) is 5.91 Å². The Morgan fingerprint density at radius 1 is 0.964 bits per heavy atom. The quantitative estimate of drug-likeness (QED) is 0.708. The van der Waals surface area contributed by atoms with Crippen molar-refractivity contribution in [3.63, 3.8) is 0 Å². The van der Waals surface area contributed by atoms with E-state index >= 15 is 0 Å². The first-order valence-corrected chi connectivity index (χ1v) is 8.73. The first kappa shape index (κ1) is 19.5. The molecule has 0 fully saturated rings. The summed E-state index contributed by atoms with van der Waals surface area (Å²) in [6, 6.07) is 9.30. The van der Waals surface area contributed by atoms with Crippen molar-refractivity contribution < 1.29 is 32.5 Å². The van der Waals surface area contributed by atoms with Gasteiger partial charge in [0.1, 0.15) is 0 Å². The highest BCUT2D eigenvalue weighted by atomic mass is 19.3. The molecule has 9 heteroatoms.